The maximum absolute atomic E-state index is 14.2. The second kappa shape index (κ2) is 12.1. The average molecular weight is 713 g/mol. The van der Waals surface area contributed by atoms with Gasteiger partial charge in [0.2, 0.25) is 0 Å². The van der Waals surface area contributed by atoms with Gasteiger partial charge in [-0.3, -0.25) is 9.36 Å². The number of fused-ring (bicyclic) bond motifs is 3. The van der Waals surface area contributed by atoms with Crippen molar-refractivity contribution in [2.45, 2.75) is 25.5 Å². The summed E-state index contributed by atoms with van der Waals surface area (Å²) >= 11 is 3.68. The zero-order chi connectivity index (χ0) is 30.2. The van der Waals surface area contributed by atoms with Gasteiger partial charge in [0, 0.05) is 5.56 Å². The Bertz CT molecular complexity index is 2100. The van der Waals surface area contributed by atoms with Gasteiger partial charge < -0.3 is 14.2 Å². The van der Waals surface area contributed by atoms with E-state index in [1.54, 1.807) is 14.2 Å². The van der Waals surface area contributed by atoms with Crippen molar-refractivity contribution in [3.05, 3.63) is 148 Å². The summed E-state index contributed by atoms with van der Waals surface area (Å²) in [4.78, 5) is 20.0. The van der Waals surface area contributed by atoms with Crippen molar-refractivity contribution in [3.63, 3.8) is 0 Å². The van der Waals surface area contributed by atoms with E-state index in [0.29, 0.717) is 27.4 Å². The Morgan fingerprint density at radius 2 is 1.77 bits per heavy atom. The number of aryl methyl sites for hydroxylation is 1. The van der Waals surface area contributed by atoms with Crippen molar-refractivity contribution < 1.29 is 14.2 Å². The number of aromatic nitrogens is 1. The van der Waals surface area contributed by atoms with Crippen LogP contribution in [0.2, 0.25) is 0 Å². The number of benzene rings is 4. The van der Waals surface area contributed by atoms with Gasteiger partial charge in [-0.2, -0.15) is 0 Å². The van der Waals surface area contributed by atoms with Crippen molar-refractivity contribution in [2.24, 2.45) is 4.99 Å². The largest absolute Gasteiger partial charge is 0.497 e. The zero-order valence-electron chi connectivity index (χ0n) is 24.2. The summed E-state index contributed by atoms with van der Waals surface area (Å²) in [5, 5.41) is 0. The van der Waals surface area contributed by atoms with Crippen LogP contribution in [0.15, 0.2) is 106 Å². The molecule has 1 aliphatic carbocycles. The molecule has 5 aromatic rings. The summed E-state index contributed by atoms with van der Waals surface area (Å²) in [6.45, 7) is 0.434. The summed E-state index contributed by atoms with van der Waals surface area (Å²) in [6, 6.07) is 30.2. The van der Waals surface area contributed by atoms with Gasteiger partial charge in [0.25, 0.3) is 5.56 Å². The molecule has 0 radical (unpaired) electrons. The molecule has 0 N–H and O–H groups in total. The summed E-state index contributed by atoms with van der Waals surface area (Å²) in [5.41, 5.74) is 7.44. The molecular weight excluding hydrogens is 683 g/mol. The lowest BCUT2D eigenvalue weighted by Crippen LogP contribution is -2.38. The van der Waals surface area contributed by atoms with E-state index in [1.165, 1.54) is 16.9 Å². The second-order valence-electron chi connectivity index (χ2n) is 10.7. The molecule has 0 amide bonds. The number of thiazole rings is 1. The molecule has 2 heterocycles. The predicted octanol–water partition coefficient (Wildman–Crippen LogP) is 6.52. The smallest absolute Gasteiger partial charge is 0.271 e. The van der Waals surface area contributed by atoms with Crippen molar-refractivity contribution >= 4 is 45.7 Å². The van der Waals surface area contributed by atoms with E-state index in [1.807, 2.05) is 71.3 Å². The summed E-state index contributed by atoms with van der Waals surface area (Å²) < 4.78 is 20.8. The highest BCUT2D eigenvalue weighted by Crippen LogP contribution is 2.42. The first-order valence-corrected chi connectivity index (χ1v) is 16.2. The standard InChI is InChI=1S/C36H29IN2O4S/c1-41-26-13-8-12-25(20-26)33-28-16-15-24-11-6-7-14-27(24)32(28)38-36-39(33)35(40)31(44-36)19-23-17-29(37)34(30(18-23)42-2)43-21-22-9-4-3-5-10-22/h3-14,17-20,33H,15-16,21H2,1-2H3/b31-19+/t33-/m0/s1. The van der Waals surface area contributed by atoms with Crippen molar-refractivity contribution in [2.75, 3.05) is 14.2 Å². The number of ether oxygens (including phenoxy) is 3. The Balaban J connectivity index is 1.35. The van der Waals surface area contributed by atoms with Gasteiger partial charge in [-0.25, -0.2) is 4.99 Å². The molecule has 0 saturated carbocycles. The molecule has 220 valence electrons. The molecule has 0 spiro atoms. The highest BCUT2D eigenvalue weighted by molar-refractivity contribution is 14.1. The number of rotatable bonds is 7. The zero-order valence-corrected chi connectivity index (χ0v) is 27.2. The fourth-order valence-corrected chi connectivity index (χ4v) is 7.76. The quantitative estimate of drug-likeness (QED) is 0.181. The van der Waals surface area contributed by atoms with Crippen molar-refractivity contribution in [1.82, 2.24) is 4.57 Å². The number of nitrogens with zero attached hydrogens (tertiary/aromatic N) is 2. The van der Waals surface area contributed by atoms with Crippen LogP contribution in [-0.2, 0) is 13.0 Å². The minimum atomic E-state index is -0.268. The molecule has 6 nitrogen and oxygen atoms in total. The first-order chi connectivity index (χ1) is 21.5. The van der Waals surface area contributed by atoms with Crippen molar-refractivity contribution in [1.29, 1.82) is 0 Å². The Hall–Kier alpha value is -4.15. The number of halogens is 1. The van der Waals surface area contributed by atoms with Crippen LogP contribution in [0.4, 0.5) is 0 Å². The summed E-state index contributed by atoms with van der Waals surface area (Å²) in [7, 11) is 3.30. The van der Waals surface area contributed by atoms with Gasteiger partial charge in [0.15, 0.2) is 16.3 Å². The lowest BCUT2D eigenvalue weighted by molar-refractivity contribution is 0.282. The molecule has 8 heteroatoms. The van der Waals surface area contributed by atoms with E-state index in [9.17, 15) is 4.79 Å². The van der Waals surface area contributed by atoms with Crippen LogP contribution in [-0.4, -0.2) is 18.8 Å². The number of hydrogen-bond acceptors (Lipinski definition) is 6. The van der Waals surface area contributed by atoms with Gasteiger partial charge in [-0.05, 0) is 93.6 Å². The Morgan fingerprint density at radius 1 is 0.955 bits per heavy atom. The molecule has 2 aliphatic rings. The molecule has 44 heavy (non-hydrogen) atoms. The lowest BCUT2D eigenvalue weighted by atomic mass is 9.83. The van der Waals surface area contributed by atoms with Crippen LogP contribution in [0.25, 0.3) is 11.8 Å². The topological polar surface area (TPSA) is 62.0 Å². The number of allylic oxidation sites excluding steroid dienone is 1. The maximum Gasteiger partial charge on any atom is 0.271 e. The number of methoxy groups -OCH3 is 2. The highest BCUT2D eigenvalue weighted by Gasteiger charge is 2.32. The predicted molar refractivity (Wildman–Crippen MR) is 182 cm³/mol. The molecule has 1 aromatic heterocycles. The third-order valence-electron chi connectivity index (χ3n) is 8.06. The molecule has 1 atom stereocenters. The first kappa shape index (κ1) is 28.6. The molecule has 4 aromatic carbocycles. The van der Waals surface area contributed by atoms with Crippen LogP contribution in [0.1, 0.15) is 40.3 Å². The van der Waals surface area contributed by atoms with Crippen LogP contribution in [0.5, 0.6) is 17.2 Å². The molecule has 0 unspecified atom stereocenters. The van der Waals surface area contributed by atoms with E-state index in [0.717, 1.165) is 55.7 Å². The molecule has 0 saturated heterocycles. The molecule has 0 bridgehead atoms. The van der Waals surface area contributed by atoms with E-state index < -0.39 is 0 Å². The fraction of sp³-hybridized carbons (Fsp3) is 0.167. The van der Waals surface area contributed by atoms with E-state index in [-0.39, 0.29) is 11.6 Å². The molecule has 1 aliphatic heterocycles. The Labute approximate surface area is 272 Å². The van der Waals surface area contributed by atoms with Crippen LogP contribution in [0.3, 0.4) is 0 Å². The lowest BCUT2D eigenvalue weighted by Gasteiger charge is -2.31. The first-order valence-electron chi connectivity index (χ1n) is 14.4. The van der Waals surface area contributed by atoms with Crippen LogP contribution < -0.4 is 29.1 Å². The number of hydrogen-bond donors (Lipinski definition) is 0. The molecule has 0 fully saturated rings. The van der Waals surface area contributed by atoms with E-state index >= 15 is 0 Å². The third kappa shape index (κ3) is 5.26. The third-order valence-corrected chi connectivity index (χ3v) is 9.84. The monoisotopic (exact) mass is 712 g/mol. The minimum absolute atomic E-state index is 0.0645. The van der Waals surface area contributed by atoms with E-state index in [2.05, 4.69) is 52.9 Å². The SMILES string of the molecule is COc1cccc([C@H]2C3=C(N=c4s/c(=C/c5cc(I)c(OCc6ccccc6)c(OC)c5)c(=O)n42)c2ccccc2CC3)c1. The van der Waals surface area contributed by atoms with Crippen molar-refractivity contribution in [3.8, 4) is 17.2 Å². The molecule has 7 rings (SSSR count). The summed E-state index contributed by atoms with van der Waals surface area (Å²) in [6.07, 6.45) is 3.67. The Morgan fingerprint density at radius 3 is 2.59 bits per heavy atom. The van der Waals surface area contributed by atoms with Gasteiger partial charge in [0.1, 0.15) is 12.4 Å². The van der Waals surface area contributed by atoms with E-state index in [4.69, 9.17) is 19.2 Å². The van der Waals surface area contributed by atoms with Gasteiger partial charge in [0.05, 0.1) is 34.1 Å². The normalized spacial score (nSPS) is 15.6. The minimum Gasteiger partial charge on any atom is -0.497 e. The summed E-state index contributed by atoms with van der Waals surface area (Å²) in [5.74, 6) is 2.06. The van der Waals surface area contributed by atoms with Gasteiger partial charge >= 0.3 is 0 Å². The van der Waals surface area contributed by atoms with Crippen LogP contribution in [0, 0.1) is 3.57 Å². The highest BCUT2D eigenvalue weighted by atomic mass is 127. The van der Waals surface area contributed by atoms with Crippen LogP contribution >= 0.6 is 33.9 Å². The molecular formula is C36H29IN2O4S. The van der Waals surface area contributed by atoms with Gasteiger partial charge in [-0.1, -0.05) is 78.1 Å². The average Bonchev–Trinajstić information content (AvgIpc) is 3.37. The van der Waals surface area contributed by atoms with Gasteiger partial charge in [-0.15, -0.1) is 0 Å². The Kier molecular flexibility index (Phi) is 7.86. The second-order valence-corrected chi connectivity index (χ2v) is 12.9. The fourth-order valence-electron chi connectivity index (χ4n) is 5.98. The maximum atomic E-state index is 14.2.